The molecule has 0 amide bonds. The summed E-state index contributed by atoms with van der Waals surface area (Å²) in [5.74, 6) is 0.940. The molecule has 3 nitrogen and oxygen atoms in total. The number of hydrogen-bond donors (Lipinski definition) is 1. The standard InChI is InChI=1S/C15H20N2O/c1-2-17(11-7-8-11)10-13-12-5-3-4-6-14(12)18-15(13)9-16/h3-6,11H,2,7-10,16H2,1H3. The predicted octanol–water partition coefficient (Wildman–Crippen LogP) is 2.88. The molecule has 1 heterocycles. The van der Waals surface area contributed by atoms with E-state index < -0.39 is 0 Å². The highest BCUT2D eigenvalue weighted by Crippen LogP contribution is 2.32. The van der Waals surface area contributed by atoms with Crippen LogP contribution in [0.5, 0.6) is 0 Å². The van der Waals surface area contributed by atoms with Gasteiger partial charge < -0.3 is 10.2 Å². The van der Waals surface area contributed by atoms with Crippen molar-refractivity contribution in [2.24, 2.45) is 5.73 Å². The Hall–Kier alpha value is -1.32. The summed E-state index contributed by atoms with van der Waals surface area (Å²) in [5.41, 5.74) is 8.05. The fourth-order valence-electron chi connectivity index (χ4n) is 2.63. The second kappa shape index (κ2) is 4.75. The molecule has 1 aromatic carbocycles. The summed E-state index contributed by atoms with van der Waals surface area (Å²) in [6, 6.07) is 9.00. The molecule has 1 saturated carbocycles. The molecule has 18 heavy (non-hydrogen) atoms. The van der Waals surface area contributed by atoms with E-state index in [-0.39, 0.29) is 0 Å². The maximum absolute atomic E-state index is 5.84. The van der Waals surface area contributed by atoms with Crippen LogP contribution in [0.15, 0.2) is 28.7 Å². The first kappa shape index (κ1) is 11.8. The number of para-hydroxylation sites is 1. The van der Waals surface area contributed by atoms with Crippen LogP contribution in [0, 0.1) is 0 Å². The van der Waals surface area contributed by atoms with E-state index in [1.165, 1.54) is 23.8 Å². The first-order chi connectivity index (χ1) is 8.83. The van der Waals surface area contributed by atoms with Crippen LogP contribution in [0.1, 0.15) is 31.1 Å². The minimum Gasteiger partial charge on any atom is -0.459 e. The van der Waals surface area contributed by atoms with Gasteiger partial charge in [-0.05, 0) is 25.5 Å². The fraction of sp³-hybridized carbons (Fsp3) is 0.467. The molecule has 1 aromatic heterocycles. The molecule has 0 saturated heterocycles. The van der Waals surface area contributed by atoms with Crippen molar-refractivity contribution >= 4 is 11.0 Å². The first-order valence-electron chi connectivity index (χ1n) is 6.77. The van der Waals surface area contributed by atoms with Gasteiger partial charge >= 0.3 is 0 Å². The monoisotopic (exact) mass is 244 g/mol. The minimum absolute atomic E-state index is 0.478. The van der Waals surface area contributed by atoms with E-state index >= 15 is 0 Å². The summed E-state index contributed by atoms with van der Waals surface area (Å²) in [5, 5.41) is 1.22. The Bertz CT molecular complexity index is 542. The second-order valence-corrected chi connectivity index (χ2v) is 5.00. The molecule has 96 valence electrons. The van der Waals surface area contributed by atoms with Crippen molar-refractivity contribution in [2.45, 2.75) is 38.9 Å². The van der Waals surface area contributed by atoms with Crippen molar-refractivity contribution in [3.63, 3.8) is 0 Å². The van der Waals surface area contributed by atoms with Crippen molar-refractivity contribution in [3.05, 3.63) is 35.6 Å². The molecule has 0 radical (unpaired) electrons. The number of fused-ring (bicyclic) bond motifs is 1. The zero-order chi connectivity index (χ0) is 12.5. The Balaban J connectivity index is 1.97. The van der Waals surface area contributed by atoms with Crippen LogP contribution >= 0.6 is 0 Å². The first-order valence-corrected chi connectivity index (χ1v) is 6.77. The van der Waals surface area contributed by atoms with Crippen LogP contribution in [-0.2, 0) is 13.1 Å². The van der Waals surface area contributed by atoms with Crippen molar-refractivity contribution in [3.8, 4) is 0 Å². The summed E-state index contributed by atoms with van der Waals surface area (Å²) in [7, 11) is 0. The van der Waals surface area contributed by atoms with E-state index in [1.54, 1.807) is 0 Å². The molecule has 1 aliphatic carbocycles. The molecule has 0 atom stereocenters. The molecule has 0 spiro atoms. The van der Waals surface area contributed by atoms with Crippen molar-refractivity contribution in [2.75, 3.05) is 6.54 Å². The number of benzene rings is 1. The molecule has 0 aliphatic heterocycles. The number of rotatable bonds is 5. The SMILES string of the molecule is CCN(Cc1c(CN)oc2ccccc12)C1CC1. The van der Waals surface area contributed by atoms with Crippen LogP contribution in [0.2, 0.25) is 0 Å². The van der Waals surface area contributed by atoms with Crippen molar-refractivity contribution < 1.29 is 4.42 Å². The minimum atomic E-state index is 0.478. The third-order valence-corrected chi connectivity index (χ3v) is 3.80. The zero-order valence-corrected chi connectivity index (χ0v) is 10.9. The molecule has 1 aliphatic rings. The molecule has 2 aromatic rings. The lowest BCUT2D eigenvalue weighted by atomic mass is 10.1. The highest BCUT2D eigenvalue weighted by molar-refractivity contribution is 5.82. The number of nitrogens with zero attached hydrogens (tertiary/aromatic N) is 1. The lowest BCUT2D eigenvalue weighted by Crippen LogP contribution is -2.25. The smallest absolute Gasteiger partial charge is 0.134 e. The molecular weight excluding hydrogens is 224 g/mol. The van der Waals surface area contributed by atoms with Gasteiger partial charge in [0.05, 0.1) is 6.54 Å². The highest BCUT2D eigenvalue weighted by atomic mass is 16.3. The van der Waals surface area contributed by atoms with E-state index in [9.17, 15) is 0 Å². The second-order valence-electron chi connectivity index (χ2n) is 5.00. The third kappa shape index (κ3) is 2.04. The topological polar surface area (TPSA) is 42.4 Å². The van der Waals surface area contributed by atoms with Crippen LogP contribution in [-0.4, -0.2) is 17.5 Å². The van der Waals surface area contributed by atoms with Gasteiger partial charge in [-0.1, -0.05) is 25.1 Å². The average molecular weight is 244 g/mol. The Morgan fingerprint density at radius 3 is 2.78 bits per heavy atom. The van der Waals surface area contributed by atoms with Gasteiger partial charge in [-0.15, -0.1) is 0 Å². The predicted molar refractivity (Wildman–Crippen MR) is 73.2 cm³/mol. The van der Waals surface area contributed by atoms with Gasteiger partial charge in [0.2, 0.25) is 0 Å². The van der Waals surface area contributed by atoms with Crippen LogP contribution in [0.25, 0.3) is 11.0 Å². The zero-order valence-electron chi connectivity index (χ0n) is 10.9. The molecule has 0 bridgehead atoms. The van der Waals surface area contributed by atoms with Gasteiger partial charge in [0.15, 0.2) is 0 Å². The van der Waals surface area contributed by atoms with Gasteiger partial charge in [0, 0.05) is 23.5 Å². The Morgan fingerprint density at radius 1 is 1.33 bits per heavy atom. The summed E-state index contributed by atoms with van der Waals surface area (Å²) in [4.78, 5) is 2.52. The van der Waals surface area contributed by atoms with Gasteiger partial charge in [-0.2, -0.15) is 0 Å². The molecular formula is C15H20N2O. The Morgan fingerprint density at radius 2 is 2.11 bits per heavy atom. The van der Waals surface area contributed by atoms with Crippen LogP contribution < -0.4 is 5.73 Å². The lowest BCUT2D eigenvalue weighted by Gasteiger charge is -2.19. The molecule has 3 rings (SSSR count). The number of nitrogens with two attached hydrogens (primary N) is 1. The van der Waals surface area contributed by atoms with Gasteiger partial charge in [-0.3, -0.25) is 4.90 Å². The van der Waals surface area contributed by atoms with Gasteiger partial charge in [0.1, 0.15) is 11.3 Å². The number of furan rings is 1. The van der Waals surface area contributed by atoms with E-state index in [0.717, 1.165) is 30.5 Å². The van der Waals surface area contributed by atoms with E-state index in [4.69, 9.17) is 10.2 Å². The average Bonchev–Trinajstić information content (AvgIpc) is 3.18. The van der Waals surface area contributed by atoms with Crippen LogP contribution in [0.4, 0.5) is 0 Å². The van der Waals surface area contributed by atoms with Crippen molar-refractivity contribution in [1.82, 2.24) is 4.90 Å². The number of hydrogen-bond acceptors (Lipinski definition) is 3. The van der Waals surface area contributed by atoms with Crippen LogP contribution in [0.3, 0.4) is 0 Å². The maximum atomic E-state index is 5.84. The maximum Gasteiger partial charge on any atom is 0.134 e. The highest BCUT2D eigenvalue weighted by Gasteiger charge is 2.29. The normalized spacial score (nSPS) is 15.7. The van der Waals surface area contributed by atoms with E-state index in [0.29, 0.717) is 6.54 Å². The molecule has 1 fully saturated rings. The van der Waals surface area contributed by atoms with E-state index in [1.807, 2.05) is 12.1 Å². The molecule has 3 heteroatoms. The Kier molecular flexibility index (Phi) is 3.10. The largest absolute Gasteiger partial charge is 0.459 e. The third-order valence-electron chi connectivity index (χ3n) is 3.80. The summed E-state index contributed by atoms with van der Waals surface area (Å²) < 4.78 is 5.84. The molecule has 0 unspecified atom stereocenters. The van der Waals surface area contributed by atoms with Gasteiger partial charge in [0.25, 0.3) is 0 Å². The summed E-state index contributed by atoms with van der Waals surface area (Å²) >= 11 is 0. The Labute approximate surface area is 108 Å². The quantitative estimate of drug-likeness (QED) is 0.879. The van der Waals surface area contributed by atoms with Crippen molar-refractivity contribution in [1.29, 1.82) is 0 Å². The van der Waals surface area contributed by atoms with Gasteiger partial charge in [-0.25, -0.2) is 0 Å². The fourth-order valence-corrected chi connectivity index (χ4v) is 2.63. The van der Waals surface area contributed by atoms with E-state index in [2.05, 4.69) is 24.0 Å². The summed E-state index contributed by atoms with van der Waals surface area (Å²) in [6.07, 6.45) is 2.67. The lowest BCUT2D eigenvalue weighted by molar-refractivity contribution is 0.268. The summed E-state index contributed by atoms with van der Waals surface area (Å²) in [6.45, 7) is 4.76. The molecule has 2 N–H and O–H groups in total.